The van der Waals surface area contributed by atoms with Gasteiger partial charge in [0.25, 0.3) is 0 Å². The molecule has 18 heavy (non-hydrogen) atoms. The Bertz CT molecular complexity index is 432. The highest BCUT2D eigenvalue weighted by Gasteiger charge is 2.44. The predicted molar refractivity (Wildman–Crippen MR) is 69.8 cm³/mol. The number of methoxy groups -OCH3 is 2. The molecule has 1 aromatic rings. The molecule has 1 heterocycles. The lowest BCUT2D eigenvalue weighted by Gasteiger charge is -2.13. The second kappa shape index (κ2) is 5.61. The summed E-state index contributed by atoms with van der Waals surface area (Å²) in [5.41, 5.74) is 0.147. The molecule has 1 aromatic heterocycles. The van der Waals surface area contributed by atoms with E-state index in [1.807, 2.05) is 12.1 Å². The molecule has 0 aliphatic heterocycles. The summed E-state index contributed by atoms with van der Waals surface area (Å²) in [6, 6.07) is 3.88. The van der Waals surface area contributed by atoms with E-state index in [1.165, 1.54) is 7.11 Å². The first kappa shape index (κ1) is 13.2. The van der Waals surface area contributed by atoms with Gasteiger partial charge in [-0.1, -0.05) is 0 Å². The Hall–Kier alpha value is -1.23. The van der Waals surface area contributed by atoms with E-state index < -0.39 is 0 Å². The Morgan fingerprint density at radius 1 is 1.50 bits per heavy atom. The van der Waals surface area contributed by atoms with Gasteiger partial charge in [0.2, 0.25) is 5.88 Å². The summed E-state index contributed by atoms with van der Waals surface area (Å²) in [6.07, 6.45) is 4.48. The van der Waals surface area contributed by atoms with Crippen LogP contribution >= 0.6 is 11.8 Å². The van der Waals surface area contributed by atoms with Gasteiger partial charge in [-0.25, -0.2) is 4.98 Å². The Labute approximate surface area is 111 Å². The third kappa shape index (κ3) is 3.38. The van der Waals surface area contributed by atoms with Crippen LogP contribution in [0.5, 0.6) is 5.88 Å². The summed E-state index contributed by atoms with van der Waals surface area (Å²) in [5.74, 6) is 1.45. The van der Waals surface area contributed by atoms with Crippen molar-refractivity contribution in [2.45, 2.75) is 24.2 Å². The number of carbonyl (C=O) groups is 1. The second-order valence-corrected chi connectivity index (χ2v) is 5.62. The highest BCUT2D eigenvalue weighted by molar-refractivity contribution is 7.99. The van der Waals surface area contributed by atoms with Crippen LogP contribution in [0, 0.1) is 5.41 Å². The maximum atomic E-state index is 11.3. The Morgan fingerprint density at radius 2 is 2.28 bits per heavy atom. The Morgan fingerprint density at radius 3 is 2.89 bits per heavy atom. The number of pyridine rings is 1. The van der Waals surface area contributed by atoms with Crippen molar-refractivity contribution in [3.63, 3.8) is 0 Å². The predicted octanol–water partition coefficient (Wildman–Crippen LogP) is 2.53. The third-order valence-electron chi connectivity index (χ3n) is 3.16. The summed E-state index contributed by atoms with van der Waals surface area (Å²) in [7, 11) is 3.05. The van der Waals surface area contributed by atoms with Crippen LogP contribution in [0.3, 0.4) is 0 Å². The van der Waals surface area contributed by atoms with Crippen LogP contribution in [-0.4, -0.2) is 30.9 Å². The molecule has 0 N–H and O–H groups in total. The van der Waals surface area contributed by atoms with Gasteiger partial charge in [0.1, 0.15) is 0 Å². The van der Waals surface area contributed by atoms with E-state index in [0.29, 0.717) is 12.3 Å². The molecule has 4 nitrogen and oxygen atoms in total. The number of hydrogen-bond donors (Lipinski definition) is 0. The van der Waals surface area contributed by atoms with E-state index in [2.05, 4.69) is 4.98 Å². The van der Waals surface area contributed by atoms with E-state index >= 15 is 0 Å². The topological polar surface area (TPSA) is 48.4 Å². The van der Waals surface area contributed by atoms with Gasteiger partial charge in [-0.2, -0.15) is 0 Å². The Kier molecular flexibility index (Phi) is 4.11. The second-order valence-electron chi connectivity index (χ2n) is 4.58. The molecular weight excluding hydrogens is 250 g/mol. The van der Waals surface area contributed by atoms with Crippen LogP contribution in [0.25, 0.3) is 0 Å². The van der Waals surface area contributed by atoms with Crippen molar-refractivity contribution in [1.82, 2.24) is 4.98 Å². The number of hydrogen-bond acceptors (Lipinski definition) is 5. The highest BCUT2D eigenvalue weighted by atomic mass is 32.2. The number of thioether (sulfide) groups is 1. The average Bonchev–Trinajstić information content (AvgIpc) is 3.17. The van der Waals surface area contributed by atoms with Crippen LogP contribution in [0.1, 0.15) is 19.3 Å². The highest BCUT2D eigenvalue weighted by Crippen LogP contribution is 2.52. The lowest BCUT2D eigenvalue weighted by atomic mass is 10.1. The monoisotopic (exact) mass is 267 g/mol. The zero-order valence-electron chi connectivity index (χ0n) is 10.6. The largest absolute Gasteiger partial charge is 0.481 e. The van der Waals surface area contributed by atoms with Crippen molar-refractivity contribution in [1.29, 1.82) is 0 Å². The minimum atomic E-state index is -0.111. The molecule has 1 saturated carbocycles. The smallest absolute Gasteiger partial charge is 0.306 e. The van der Waals surface area contributed by atoms with Crippen molar-refractivity contribution >= 4 is 17.7 Å². The minimum absolute atomic E-state index is 0.111. The first-order chi connectivity index (χ1) is 8.67. The number of aromatic nitrogens is 1. The van der Waals surface area contributed by atoms with Crippen LogP contribution in [0.2, 0.25) is 0 Å². The first-order valence-corrected chi connectivity index (χ1v) is 6.86. The molecule has 1 aliphatic carbocycles. The molecule has 0 amide bonds. The summed E-state index contributed by atoms with van der Waals surface area (Å²) >= 11 is 1.74. The summed E-state index contributed by atoms with van der Waals surface area (Å²) in [5, 5.41) is 0. The fourth-order valence-corrected chi connectivity index (χ4v) is 2.96. The van der Waals surface area contributed by atoms with Crippen molar-refractivity contribution in [3.8, 4) is 5.88 Å². The molecule has 2 rings (SSSR count). The van der Waals surface area contributed by atoms with E-state index in [4.69, 9.17) is 9.47 Å². The normalized spacial score (nSPS) is 16.1. The summed E-state index contributed by atoms with van der Waals surface area (Å²) in [6.45, 7) is 0. The molecule has 0 unspecified atom stereocenters. The molecule has 98 valence electrons. The number of rotatable bonds is 6. The molecule has 1 fully saturated rings. The van der Waals surface area contributed by atoms with Crippen LogP contribution < -0.4 is 4.74 Å². The van der Waals surface area contributed by atoms with Gasteiger partial charge in [0.15, 0.2) is 0 Å². The maximum absolute atomic E-state index is 11.3. The average molecular weight is 267 g/mol. The maximum Gasteiger partial charge on any atom is 0.306 e. The fourth-order valence-electron chi connectivity index (χ4n) is 1.76. The molecule has 0 bridgehead atoms. The van der Waals surface area contributed by atoms with Gasteiger partial charge >= 0.3 is 5.97 Å². The van der Waals surface area contributed by atoms with E-state index in [1.54, 1.807) is 25.1 Å². The third-order valence-corrected chi connectivity index (χ3v) is 4.51. The van der Waals surface area contributed by atoms with Crippen LogP contribution in [-0.2, 0) is 9.53 Å². The van der Waals surface area contributed by atoms with E-state index in [0.717, 1.165) is 23.5 Å². The van der Waals surface area contributed by atoms with Gasteiger partial charge in [-0.15, -0.1) is 11.8 Å². The molecule has 0 aromatic carbocycles. The van der Waals surface area contributed by atoms with Crippen molar-refractivity contribution in [2.24, 2.45) is 5.41 Å². The first-order valence-electron chi connectivity index (χ1n) is 5.87. The number of esters is 1. The van der Waals surface area contributed by atoms with Gasteiger partial charge in [-0.05, 0) is 24.3 Å². The molecular formula is C13H17NO3S. The lowest BCUT2D eigenvalue weighted by Crippen LogP contribution is -2.12. The number of ether oxygens (including phenoxy) is 2. The zero-order chi connectivity index (χ0) is 13.0. The molecule has 0 atom stereocenters. The molecule has 0 radical (unpaired) electrons. The quantitative estimate of drug-likeness (QED) is 0.585. The van der Waals surface area contributed by atoms with Crippen molar-refractivity contribution in [2.75, 3.05) is 20.0 Å². The van der Waals surface area contributed by atoms with Gasteiger partial charge in [0.05, 0.1) is 20.6 Å². The molecule has 0 spiro atoms. The summed E-state index contributed by atoms with van der Waals surface area (Å²) < 4.78 is 9.82. The Balaban J connectivity index is 1.89. The standard InChI is InChI=1S/C13H17NO3S/c1-16-11-7-10(3-6-14-11)18-9-13(4-5-13)8-12(15)17-2/h3,6-7H,4-5,8-9H2,1-2H3. The molecule has 0 saturated heterocycles. The molecule has 1 aliphatic rings. The molecule has 5 heteroatoms. The van der Waals surface area contributed by atoms with Crippen LogP contribution in [0.4, 0.5) is 0 Å². The van der Waals surface area contributed by atoms with Crippen molar-refractivity contribution in [3.05, 3.63) is 18.3 Å². The zero-order valence-corrected chi connectivity index (χ0v) is 11.5. The van der Waals surface area contributed by atoms with Gasteiger partial charge in [-0.3, -0.25) is 4.79 Å². The van der Waals surface area contributed by atoms with Crippen molar-refractivity contribution < 1.29 is 14.3 Å². The fraction of sp³-hybridized carbons (Fsp3) is 0.538. The van der Waals surface area contributed by atoms with E-state index in [9.17, 15) is 4.79 Å². The van der Waals surface area contributed by atoms with Crippen LogP contribution in [0.15, 0.2) is 23.2 Å². The minimum Gasteiger partial charge on any atom is -0.481 e. The van der Waals surface area contributed by atoms with E-state index in [-0.39, 0.29) is 11.4 Å². The number of carbonyl (C=O) groups excluding carboxylic acids is 1. The number of nitrogens with zero attached hydrogens (tertiary/aromatic N) is 1. The summed E-state index contributed by atoms with van der Waals surface area (Å²) in [4.78, 5) is 16.5. The van der Waals surface area contributed by atoms with Gasteiger partial charge < -0.3 is 9.47 Å². The van der Waals surface area contributed by atoms with Gasteiger partial charge in [0, 0.05) is 22.9 Å². The lowest BCUT2D eigenvalue weighted by molar-refractivity contribution is -0.141. The SMILES string of the molecule is COC(=O)CC1(CSc2ccnc(OC)c2)CC1.